The molecule has 0 aliphatic heterocycles. The van der Waals surface area contributed by atoms with Gasteiger partial charge in [0.2, 0.25) is 10.0 Å². The summed E-state index contributed by atoms with van der Waals surface area (Å²) in [5.74, 6) is 0. The van der Waals surface area contributed by atoms with Crippen molar-refractivity contribution in [2.75, 3.05) is 0 Å². The van der Waals surface area contributed by atoms with Gasteiger partial charge in [-0.1, -0.05) is 32.1 Å². The standard InChI is InChI=1S/C16H21N3O4S/c20-15-16(21)18-14-10-12(8-9-13(14)17-15)24(22,23)19-11-6-4-2-1-3-5-7-11/h8-11,19H,1-7H2,(H,17,20)(H,18,21). The van der Waals surface area contributed by atoms with E-state index in [9.17, 15) is 18.0 Å². The quantitative estimate of drug-likeness (QED) is 0.729. The third kappa shape index (κ3) is 3.76. The Balaban J connectivity index is 1.88. The van der Waals surface area contributed by atoms with Gasteiger partial charge in [0.1, 0.15) is 0 Å². The number of aromatic amines is 2. The van der Waals surface area contributed by atoms with E-state index in [1.165, 1.54) is 24.6 Å². The van der Waals surface area contributed by atoms with Gasteiger partial charge in [0.15, 0.2) is 0 Å². The van der Waals surface area contributed by atoms with Crippen molar-refractivity contribution in [2.45, 2.75) is 55.9 Å². The fourth-order valence-electron chi connectivity index (χ4n) is 3.12. The summed E-state index contributed by atoms with van der Waals surface area (Å²) in [6, 6.07) is 4.24. The van der Waals surface area contributed by atoms with Crippen LogP contribution in [0.25, 0.3) is 11.0 Å². The largest absolute Gasteiger partial charge is 0.316 e. The summed E-state index contributed by atoms with van der Waals surface area (Å²) in [4.78, 5) is 27.6. The lowest BCUT2D eigenvalue weighted by atomic mass is 9.97. The molecule has 130 valence electrons. The number of rotatable bonds is 3. The summed E-state index contributed by atoms with van der Waals surface area (Å²) in [5.41, 5.74) is -0.875. The van der Waals surface area contributed by atoms with E-state index < -0.39 is 21.1 Å². The second-order valence-corrected chi connectivity index (χ2v) is 7.99. The fourth-order valence-corrected chi connectivity index (χ4v) is 4.45. The molecule has 0 amide bonds. The Bertz CT molecular complexity index is 938. The van der Waals surface area contributed by atoms with Gasteiger partial charge in [0.05, 0.1) is 15.9 Å². The summed E-state index contributed by atoms with van der Waals surface area (Å²) in [6.07, 6.45) is 7.24. The van der Waals surface area contributed by atoms with E-state index in [4.69, 9.17) is 0 Å². The molecule has 0 unspecified atom stereocenters. The summed E-state index contributed by atoms with van der Waals surface area (Å²) >= 11 is 0. The van der Waals surface area contributed by atoms with Crippen LogP contribution in [0.15, 0.2) is 32.7 Å². The Morgan fingerprint density at radius 1 is 0.875 bits per heavy atom. The number of nitrogens with one attached hydrogen (secondary N) is 3. The molecule has 2 aromatic rings. The van der Waals surface area contributed by atoms with E-state index in [1.54, 1.807) is 0 Å². The molecule has 1 heterocycles. The van der Waals surface area contributed by atoms with Gasteiger partial charge in [-0.05, 0) is 31.0 Å². The Hall–Kier alpha value is -1.93. The molecular weight excluding hydrogens is 330 g/mol. The minimum Gasteiger partial charge on any atom is -0.316 e. The molecule has 8 heteroatoms. The number of fused-ring (bicyclic) bond motifs is 1. The lowest BCUT2D eigenvalue weighted by Crippen LogP contribution is -2.35. The van der Waals surface area contributed by atoms with Gasteiger partial charge in [-0.3, -0.25) is 9.59 Å². The number of hydrogen-bond acceptors (Lipinski definition) is 4. The maximum Gasteiger partial charge on any atom is 0.314 e. The molecule has 3 rings (SSSR count). The summed E-state index contributed by atoms with van der Waals surface area (Å²) in [6.45, 7) is 0. The van der Waals surface area contributed by atoms with E-state index in [1.807, 2.05) is 0 Å². The van der Waals surface area contributed by atoms with Gasteiger partial charge in [-0.25, -0.2) is 13.1 Å². The first-order valence-electron chi connectivity index (χ1n) is 8.24. The van der Waals surface area contributed by atoms with E-state index in [0.29, 0.717) is 11.0 Å². The van der Waals surface area contributed by atoms with Crippen LogP contribution in [0.1, 0.15) is 44.9 Å². The van der Waals surface area contributed by atoms with E-state index in [2.05, 4.69) is 14.7 Å². The lowest BCUT2D eigenvalue weighted by Gasteiger charge is -2.21. The van der Waals surface area contributed by atoms with Crippen LogP contribution in [0.5, 0.6) is 0 Å². The predicted molar refractivity (Wildman–Crippen MR) is 91.6 cm³/mol. The molecule has 0 radical (unpaired) electrons. The molecule has 0 saturated heterocycles. The maximum atomic E-state index is 12.6. The number of sulfonamides is 1. The van der Waals surface area contributed by atoms with Crippen LogP contribution in [-0.4, -0.2) is 24.4 Å². The van der Waals surface area contributed by atoms with Crippen LogP contribution in [0.3, 0.4) is 0 Å². The second-order valence-electron chi connectivity index (χ2n) is 6.28. The van der Waals surface area contributed by atoms with Gasteiger partial charge in [0.25, 0.3) is 0 Å². The average molecular weight is 351 g/mol. The molecule has 0 atom stereocenters. The average Bonchev–Trinajstić information content (AvgIpc) is 2.50. The van der Waals surface area contributed by atoms with Gasteiger partial charge >= 0.3 is 11.1 Å². The Morgan fingerprint density at radius 3 is 2.12 bits per heavy atom. The first-order chi connectivity index (χ1) is 11.5. The van der Waals surface area contributed by atoms with Crippen LogP contribution < -0.4 is 15.8 Å². The molecule has 0 spiro atoms. The van der Waals surface area contributed by atoms with Crippen molar-refractivity contribution < 1.29 is 8.42 Å². The van der Waals surface area contributed by atoms with Crippen LogP contribution in [0.2, 0.25) is 0 Å². The van der Waals surface area contributed by atoms with Crippen LogP contribution >= 0.6 is 0 Å². The third-order valence-corrected chi connectivity index (χ3v) is 5.95. The highest BCUT2D eigenvalue weighted by atomic mass is 32.2. The predicted octanol–water partition coefficient (Wildman–Crippen LogP) is 1.61. The van der Waals surface area contributed by atoms with E-state index in [0.717, 1.165) is 38.5 Å². The molecule has 1 fully saturated rings. The number of hydrogen-bond donors (Lipinski definition) is 3. The SMILES string of the molecule is O=c1[nH]c2ccc(S(=O)(=O)NC3CCCCCCC3)cc2[nH]c1=O. The molecule has 1 aromatic carbocycles. The zero-order valence-corrected chi connectivity index (χ0v) is 14.1. The monoisotopic (exact) mass is 351 g/mol. The molecular formula is C16H21N3O4S. The van der Waals surface area contributed by atoms with Crippen molar-refractivity contribution in [2.24, 2.45) is 0 Å². The zero-order chi connectivity index (χ0) is 17.2. The first-order valence-corrected chi connectivity index (χ1v) is 9.73. The third-order valence-electron chi connectivity index (χ3n) is 4.43. The van der Waals surface area contributed by atoms with Crippen LogP contribution in [0, 0.1) is 0 Å². The Labute approximate surface area is 139 Å². The molecule has 24 heavy (non-hydrogen) atoms. The number of H-pyrrole nitrogens is 2. The van der Waals surface area contributed by atoms with Gasteiger partial charge in [-0.15, -0.1) is 0 Å². The summed E-state index contributed by atoms with van der Waals surface area (Å²) < 4.78 is 28.0. The Morgan fingerprint density at radius 2 is 1.46 bits per heavy atom. The lowest BCUT2D eigenvalue weighted by molar-refractivity contribution is 0.426. The van der Waals surface area contributed by atoms with Crippen molar-refractivity contribution in [3.8, 4) is 0 Å². The molecule has 1 saturated carbocycles. The van der Waals surface area contributed by atoms with Crippen molar-refractivity contribution in [1.29, 1.82) is 0 Å². The van der Waals surface area contributed by atoms with Crippen LogP contribution in [-0.2, 0) is 10.0 Å². The Kier molecular flexibility index (Phi) is 4.86. The smallest absolute Gasteiger partial charge is 0.314 e. The minimum atomic E-state index is -3.67. The molecule has 1 aromatic heterocycles. The fraction of sp³-hybridized carbons (Fsp3) is 0.500. The highest BCUT2D eigenvalue weighted by Crippen LogP contribution is 2.20. The van der Waals surface area contributed by atoms with Gasteiger partial charge in [-0.2, -0.15) is 0 Å². The zero-order valence-electron chi connectivity index (χ0n) is 13.3. The number of benzene rings is 1. The first kappa shape index (κ1) is 16.9. The summed E-state index contributed by atoms with van der Waals surface area (Å²) in [5, 5.41) is 0. The highest BCUT2D eigenvalue weighted by molar-refractivity contribution is 7.89. The normalized spacial score (nSPS) is 17.5. The molecule has 7 nitrogen and oxygen atoms in total. The van der Waals surface area contributed by atoms with Gasteiger partial charge < -0.3 is 9.97 Å². The molecule has 1 aliphatic carbocycles. The topological polar surface area (TPSA) is 112 Å². The molecule has 1 aliphatic rings. The van der Waals surface area contributed by atoms with E-state index in [-0.39, 0.29) is 10.9 Å². The van der Waals surface area contributed by atoms with Crippen molar-refractivity contribution in [3.05, 3.63) is 38.9 Å². The highest BCUT2D eigenvalue weighted by Gasteiger charge is 2.21. The van der Waals surface area contributed by atoms with Crippen LogP contribution in [0.4, 0.5) is 0 Å². The minimum absolute atomic E-state index is 0.0550. The number of aromatic nitrogens is 2. The summed E-state index contributed by atoms with van der Waals surface area (Å²) in [7, 11) is -3.67. The molecule has 0 bridgehead atoms. The van der Waals surface area contributed by atoms with Crippen molar-refractivity contribution >= 4 is 21.1 Å². The molecule has 3 N–H and O–H groups in total. The van der Waals surface area contributed by atoms with Crippen molar-refractivity contribution in [3.63, 3.8) is 0 Å². The van der Waals surface area contributed by atoms with Crippen molar-refractivity contribution in [1.82, 2.24) is 14.7 Å². The van der Waals surface area contributed by atoms with E-state index >= 15 is 0 Å². The van der Waals surface area contributed by atoms with Gasteiger partial charge in [0, 0.05) is 6.04 Å². The maximum absolute atomic E-state index is 12.6. The second kappa shape index (κ2) is 6.90.